The number of benzene rings is 3. The summed E-state index contributed by atoms with van der Waals surface area (Å²) in [6, 6.07) is 29.9. The van der Waals surface area contributed by atoms with Crippen LogP contribution in [0.2, 0.25) is 0 Å². The Morgan fingerprint density at radius 1 is 0.978 bits per heavy atom. The first-order valence-electron chi connectivity index (χ1n) is 15.1. The molecule has 2 heterocycles. The number of pyridine rings is 1. The number of fused-ring (bicyclic) bond motifs is 1. The molecule has 3 aromatic carbocycles. The molecular weight excluding hydrogens is 568 g/mol. The predicted molar refractivity (Wildman–Crippen MR) is 170 cm³/mol. The minimum atomic E-state index is -0.948. The van der Waals surface area contributed by atoms with Crippen molar-refractivity contribution in [1.82, 2.24) is 4.57 Å². The van der Waals surface area contributed by atoms with Crippen LogP contribution >= 0.6 is 0 Å². The zero-order valence-corrected chi connectivity index (χ0v) is 25.8. The van der Waals surface area contributed by atoms with E-state index in [9.17, 15) is 14.9 Å². The molecule has 8 heteroatoms. The number of esters is 1. The maximum Gasteiger partial charge on any atom is 0.303 e. The third-order valence-electron chi connectivity index (χ3n) is 7.90. The van der Waals surface area contributed by atoms with Crippen LogP contribution < -0.4 is 10.3 Å². The molecule has 1 aromatic heterocycles. The number of carbonyl (C=O) groups is 1. The van der Waals surface area contributed by atoms with Gasteiger partial charge in [0.2, 0.25) is 0 Å². The van der Waals surface area contributed by atoms with E-state index in [2.05, 4.69) is 6.07 Å². The Hall–Kier alpha value is -4.71. The molecule has 0 saturated heterocycles. The monoisotopic (exact) mass is 606 g/mol. The first kappa shape index (κ1) is 31.7. The number of nitrogens with zero attached hydrogens (tertiary/aromatic N) is 2. The third-order valence-corrected chi connectivity index (χ3v) is 7.90. The summed E-state index contributed by atoms with van der Waals surface area (Å²) in [7, 11) is 0. The van der Waals surface area contributed by atoms with Gasteiger partial charge in [0.1, 0.15) is 17.4 Å². The molecule has 1 aliphatic heterocycles. The van der Waals surface area contributed by atoms with E-state index >= 15 is 0 Å². The number of ether oxygens (including phenoxy) is 4. The van der Waals surface area contributed by atoms with Crippen LogP contribution in [0.5, 0.6) is 5.75 Å². The van der Waals surface area contributed by atoms with Gasteiger partial charge in [-0.05, 0) is 67.6 Å². The highest BCUT2D eigenvalue weighted by atomic mass is 16.6. The van der Waals surface area contributed by atoms with Gasteiger partial charge in [-0.15, -0.1) is 0 Å². The lowest BCUT2D eigenvalue weighted by molar-refractivity contribution is -0.163. The van der Waals surface area contributed by atoms with Crippen molar-refractivity contribution in [3.8, 4) is 11.8 Å². The minimum absolute atomic E-state index is 0.283. The van der Waals surface area contributed by atoms with Crippen LogP contribution in [0.25, 0.3) is 0 Å². The van der Waals surface area contributed by atoms with Crippen molar-refractivity contribution in [1.29, 1.82) is 5.26 Å². The van der Waals surface area contributed by atoms with E-state index in [4.69, 9.17) is 18.9 Å². The Balaban J connectivity index is 1.42. The quantitative estimate of drug-likeness (QED) is 0.131. The van der Waals surface area contributed by atoms with Crippen molar-refractivity contribution in [2.24, 2.45) is 0 Å². The van der Waals surface area contributed by atoms with Crippen LogP contribution in [-0.2, 0) is 32.2 Å². The zero-order chi connectivity index (χ0) is 31.8. The molecule has 1 aliphatic rings. The van der Waals surface area contributed by atoms with Crippen LogP contribution in [0.3, 0.4) is 0 Å². The van der Waals surface area contributed by atoms with Crippen molar-refractivity contribution in [3.05, 3.63) is 135 Å². The van der Waals surface area contributed by atoms with E-state index in [1.807, 2.05) is 80.6 Å². The molecule has 0 spiro atoms. The van der Waals surface area contributed by atoms with E-state index in [0.29, 0.717) is 43.1 Å². The Morgan fingerprint density at radius 3 is 2.31 bits per heavy atom. The van der Waals surface area contributed by atoms with Gasteiger partial charge in [-0.25, -0.2) is 0 Å². The van der Waals surface area contributed by atoms with Crippen LogP contribution in [0.15, 0.2) is 102 Å². The summed E-state index contributed by atoms with van der Waals surface area (Å²) in [5.41, 5.74) is 2.68. The van der Waals surface area contributed by atoms with Gasteiger partial charge in [-0.3, -0.25) is 9.59 Å². The normalized spacial score (nSPS) is 17.4. The summed E-state index contributed by atoms with van der Waals surface area (Å²) in [5.74, 6) is 0.0399. The summed E-state index contributed by atoms with van der Waals surface area (Å²) >= 11 is 0. The van der Waals surface area contributed by atoms with Crippen molar-refractivity contribution >= 4 is 5.97 Å². The van der Waals surface area contributed by atoms with E-state index < -0.39 is 23.7 Å². The number of carbonyl (C=O) groups excluding carboxylic acids is 1. The summed E-state index contributed by atoms with van der Waals surface area (Å²) in [4.78, 5) is 26.1. The molecule has 3 atom stereocenters. The number of rotatable bonds is 12. The third kappa shape index (κ3) is 7.88. The first-order chi connectivity index (χ1) is 21.7. The lowest BCUT2D eigenvalue weighted by atomic mass is 9.85. The highest BCUT2D eigenvalue weighted by molar-refractivity contribution is 5.66. The molecule has 0 radical (unpaired) electrons. The molecule has 0 saturated carbocycles. The second-order valence-corrected chi connectivity index (χ2v) is 11.7. The summed E-state index contributed by atoms with van der Waals surface area (Å²) in [6.45, 7) is 6.45. The largest absolute Gasteiger partial charge is 0.484 e. The Kier molecular flexibility index (Phi) is 10.1. The van der Waals surface area contributed by atoms with Crippen LogP contribution in [0, 0.1) is 11.3 Å². The van der Waals surface area contributed by atoms with E-state index in [0.717, 1.165) is 23.1 Å². The topological polar surface area (TPSA) is 99.8 Å². The molecular formula is C37H38N2O6. The van der Waals surface area contributed by atoms with E-state index in [1.54, 1.807) is 35.0 Å². The summed E-state index contributed by atoms with van der Waals surface area (Å²) in [6.07, 6.45) is 1.93. The fraction of sp³-hybridized carbons (Fsp3) is 0.324. The molecule has 5 rings (SSSR count). The first-order valence-corrected chi connectivity index (χ1v) is 15.1. The van der Waals surface area contributed by atoms with Crippen LogP contribution in [0.4, 0.5) is 0 Å². The molecule has 0 bridgehead atoms. The van der Waals surface area contributed by atoms with E-state index in [-0.39, 0.29) is 11.7 Å². The second kappa shape index (κ2) is 14.4. The number of hydrogen-bond acceptors (Lipinski definition) is 7. The van der Waals surface area contributed by atoms with Crippen molar-refractivity contribution in [2.75, 3.05) is 6.61 Å². The fourth-order valence-corrected chi connectivity index (χ4v) is 5.70. The Morgan fingerprint density at radius 2 is 1.67 bits per heavy atom. The zero-order valence-electron chi connectivity index (χ0n) is 25.8. The van der Waals surface area contributed by atoms with Crippen molar-refractivity contribution in [3.63, 3.8) is 0 Å². The minimum Gasteiger partial charge on any atom is -0.484 e. The van der Waals surface area contributed by atoms with Gasteiger partial charge in [0.05, 0.1) is 31.0 Å². The van der Waals surface area contributed by atoms with Gasteiger partial charge < -0.3 is 23.5 Å². The average Bonchev–Trinajstić information content (AvgIpc) is 3.03. The number of aromatic nitrogens is 1. The highest BCUT2D eigenvalue weighted by Crippen LogP contribution is 2.43. The average molecular weight is 607 g/mol. The molecule has 4 aromatic rings. The summed E-state index contributed by atoms with van der Waals surface area (Å²) < 4.78 is 25.9. The SMILES string of the molecule is CC(=O)O[C@@H]1[C@@H](n2ccc(C(CCCOCc3ccccc3)OCc3ccccc3)cc2=O)c2cc(C#N)ccc2OC1(C)C. The van der Waals surface area contributed by atoms with Gasteiger partial charge in [0.25, 0.3) is 5.56 Å². The molecule has 8 nitrogen and oxygen atoms in total. The molecule has 0 aliphatic carbocycles. The highest BCUT2D eigenvalue weighted by Gasteiger charge is 2.47. The fourth-order valence-electron chi connectivity index (χ4n) is 5.70. The maximum atomic E-state index is 13.9. The van der Waals surface area contributed by atoms with Gasteiger partial charge in [-0.2, -0.15) is 5.26 Å². The molecule has 1 unspecified atom stereocenters. The van der Waals surface area contributed by atoms with E-state index in [1.165, 1.54) is 6.92 Å². The molecule has 232 valence electrons. The smallest absolute Gasteiger partial charge is 0.303 e. The predicted octanol–water partition coefficient (Wildman–Crippen LogP) is 6.67. The Labute approximate surface area is 263 Å². The Bertz CT molecular complexity index is 1690. The molecule has 0 N–H and O–H groups in total. The lowest BCUT2D eigenvalue weighted by Gasteiger charge is -2.44. The number of hydrogen-bond donors (Lipinski definition) is 0. The van der Waals surface area contributed by atoms with Gasteiger partial charge >= 0.3 is 5.97 Å². The van der Waals surface area contributed by atoms with Crippen LogP contribution in [-0.4, -0.2) is 28.8 Å². The second-order valence-electron chi connectivity index (χ2n) is 11.7. The van der Waals surface area contributed by atoms with Gasteiger partial charge in [0, 0.05) is 31.4 Å². The van der Waals surface area contributed by atoms with Crippen molar-refractivity contribution in [2.45, 2.75) is 70.7 Å². The van der Waals surface area contributed by atoms with Crippen LogP contribution in [0.1, 0.15) is 73.6 Å². The van der Waals surface area contributed by atoms with Gasteiger partial charge in [-0.1, -0.05) is 60.7 Å². The molecule has 45 heavy (non-hydrogen) atoms. The molecule has 0 fully saturated rings. The van der Waals surface area contributed by atoms with Gasteiger partial charge in [0.15, 0.2) is 6.10 Å². The number of nitriles is 1. The maximum absolute atomic E-state index is 13.9. The van der Waals surface area contributed by atoms with Crippen molar-refractivity contribution < 1.29 is 23.7 Å². The molecule has 0 amide bonds. The lowest BCUT2D eigenvalue weighted by Crippen LogP contribution is -2.54. The summed E-state index contributed by atoms with van der Waals surface area (Å²) in [5, 5.41) is 9.59. The standard InChI is InChI=1S/C37H38N2O6/c1-26(40)44-36-35(31-21-29(23-38)16-17-33(31)45-37(36,2)3)39-19-18-30(22-34(39)41)32(43-25-28-13-8-5-9-14-28)15-10-20-42-24-27-11-6-4-7-12-27/h4-9,11-14,16-19,21-22,32,35-36H,10,15,20,24-25H2,1-3H3/t32?,35-,36+/m0/s1.